The molecule has 2 heterocycles. The van der Waals surface area contributed by atoms with Crippen molar-refractivity contribution in [3.63, 3.8) is 0 Å². The van der Waals surface area contributed by atoms with Crippen molar-refractivity contribution in [3.8, 4) is 0 Å². The van der Waals surface area contributed by atoms with Crippen LogP contribution in [0.25, 0.3) is 0 Å². The highest BCUT2D eigenvalue weighted by atomic mass is 35.5. The predicted octanol–water partition coefficient (Wildman–Crippen LogP) is 3.42. The Morgan fingerprint density at radius 3 is 2.75 bits per heavy atom. The Balaban J connectivity index is 1.61. The molecule has 1 N–H and O–H groups in total. The Hall–Kier alpha value is -1.75. The summed E-state index contributed by atoms with van der Waals surface area (Å²) in [4.78, 5) is 28.5. The molecule has 0 saturated carbocycles. The van der Waals surface area contributed by atoms with Crippen molar-refractivity contribution < 1.29 is 9.59 Å². The number of hydrogen-bond donors (Lipinski definition) is 1. The van der Waals surface area contributed by atoms with Gasteiger partial charge in [-0.05, 0) is 49.9 Å². The minimum absolute atomic E-state index is 0.0303. The van der Waals surface area contributed by atoms with Crippen molar-refractivity contribution in [2.45, 2.75) is 51.1 Å². The molecule has 2 aliphatic rings. The van der Waals surface area contributed by atoms with Gasteiger partial charge in [0.1, 0.15) is 0 Å². The molecule has 0 spiro atoms. The van der Waals surface area contributed by atoms with Gasteiger partial charge in [0.15, 0.2) is 0 Å². The van der Waals surface area contributed by atoms with Crippen LogP contribution in [-0.2, 0) is 4.79 Å². The molecule has 0 unspecified atom stereocenters. The van der Waals surface area contributed by atoms with Gasteiger partial charge in [-0.15, -0.1) is 0 Å². The normalized spacial score (nSPS) is 24.3. The van der Waals surface area contributed by atoms with Crippen LogP contribution in [0.15, 0.2) is 24.3 Å². The fraction of sp³-hybridized carbons (Fsp3) is 0.556. The summed E-state index contributed by atoms with van der Waals surface area (Å²) >= 11 is 5.90. The van der Waals surface area contributed by atoms with Crippen LogP contribution >= 0.6 is 11.6 Å². The van der Waals surface area contributed by atoms with Crippen LogP contribution in [0.4, 0.5) is 10.5 Å². The van der Waals surface area contributed by atoms with Crippen LogP contribution in [0, 0.1) is 0 Å². The van der Waals surface area contributed by atoms with Crippen molar-refractivity contribution in [2.75, 3.05) is 18.0 Å². The highest BCUT2D eigenvalue weighted by molar-refractivity contribution is 6.30. The Labute approximate surface area is 147 Å². The molecule has 1 aromatic rings. The van der Waals surface area contributed by atoms with E-state index in [1.807, 2.05) is 17.0 Å². The highest BCUT2D eigenvalue weighted by Gasteiger charge is 2.34. The minimum atomic E-state index is -0.139. The number of halogens is 1. The molecule has 5 nitrogen and oxygen atoms in total. The lowest BCUT2D eigenvalue weighted by molar-refractivity contribution is -0.117. The van der Waals surface area contributed by atoms with Gasteiger partial charge in [-0.25, -0.2) is 4.79 Å². The summed E-state index contributed by atoms with van der Waals surface area (Å²) in [6, 6.07) is 7.37. The first-order chi connectivity index (χ1) is 11.6. The van der Waals surface area contributed by atoms with Crippen molar-refractivity contribution >= 4 is 29.2 Å². The standard InChI is InChI=1S/C18H24ClN3O2/c1-2-15-5-3-4-10-21(15)18(24)20-14-11-17(23)22(12-14)16-8-6-13(19)7-9-16/h6-9,14-15H,2-5,10-12H2,1H3,(H,20,24)/t14-,15-/m1/s1. The van der Waals surface area contributed by atoms with Crippen LogP contribution in [0.1, 0.15) is 39.0 Å². The molecule has 0 aliphatic carbocycles. The number of anilines is 1. The fourth-order valence-corrected chi connectivity index (χ4v) is 3.75. The van der Waals surface area contributed by atoms with E-state index < -0.39 is 0 Å². The van der Waals surface area contributed by atoms with Crippen LogP contribution < -0.4 is 10.2 Å². The van der Waals surface area contributed by atoms with Gasteiger partial charge in [0.05, 0.1) is 6.04 Å². The zero-order valence-corrected chi connectivity index (χ0v) is 14.8. The molecule has 2 saturated heterocycles. The Morgan fingerprint density at radius 2 is 2.04 bits per heavy atom. The molecule has 0 radical (unpaired) electrons. The van der Waals surface area contributed by atoms with Gasteiger partial charge >= 0.3 is 6.03 Å². The number of piperidine rings is 1. The van der Waals surface area contributed by atoms with Gasteiger partial charge < -0.3 is 15.1 Å². The molecule has 0 bridgehead atoms. The molecule has 3 amide bonds. The maximum Gasteiger partial charge on any atom is 0.317 e. The molecule has 0 aromatic heterocycles. The number of nitrogens with zero attached hydrogens (tertiary/aromatic N) is 2. The van der Waals surface area contributed by atoms with E-state index in [1.54, 1.807) is 17.0 Å². The van der Waals surface area contributed by atoms with Crippen LogP contribution in [-0.4, -0.2) is 42.0 Å². The second kappa shape index (κ2) is 7.43. The summed E-state index contributed by atoms with van der Waals surface area (Å²) < 4.78 is 0. The first-order valence-electron chi connectivity index (χ1n) is 8.71. The van der Waals surface area contributed by atoms with E-state index in [0.717, 1.165) is 31.5 Å². The molecular formula is C18H24ClN3O2. The van der Waals surface area contributed by atoms with E-state index in [2.05, 4.69) is 12.2 Å². The third kappa shape index (κ3) is 3.66. The number of nitrogens with one attached hydrogen (secondary N) is 1. The van der Waals surface area contributed by atoms with E-state index in [0.29, 0.717) is 24.0 Å². The summed E-state index contributed by atoms with van der Waals surface area (Å²) in [6.07, 6.45) is 4.65. The lowest BCUT2D eigenvalue weighted by Gasteiger charge is -2.35. The van der Waals surface area contributed by atoms with Gasteiger partial charge in [0.2, 0.25) is 5.91 Å². The fourth-order valence-electron chi connectivity index (χ4n) is 3.62. The molecule has 2 fully saturated rings. The molecule has 2 aliphatic heterocycles. The number of rotatable bonds is 3. The van der Waals surface area contributed by atoms with E-state index in [4.69, 9.17) is 11.6 Å². The first kappa shape index (κ1) is 17.1. The first-order valence-corrected chi connectivity index (χ1v) is 9.09. The molecule has 2 atom stereocenters. The lowest BCUT2D eigenvalue weighted by atomic mass is 10.0. The summed E-state index contributed by atoms with van der Waals surface area (Å²) in [5.41, 5.74) is 0.825. The summed E-state index contributed by atoms with van der Waals surface area (Å²) in [7, 11) is 0. The molecule has 6 heteroatoms. The van der Waals surface area contributed by atoms with Crippen molar-refractivity contribution in [3.05, 3.63) is 29.3 Å². The number of urea groups is 1. The van der Waals surface area contributed by atoms with Gasteiger partial charge in [-0.1, -0.05) is 18.5 Å². The molecule has 3 rings (SSSR count). The van der Waals surface area contributed by atoms with E-state index >= 15 is 0 Å². The predicted molar refractivity (Wildman–Crippen MR) is 95.4 cm³/mol. The summed E-state index contributed by atoms with van der Waals surface area (Å²) in [5.74, 6) is 0.0355. The van der Waals surface area contributed by atoms with Crippen molar-refractivity contribution in [2.24, 2.45) is 0 Å². The minimum Gasteiger partial charge on any atom is -0.333 e. The van der Waals surface area contributed by atoms with E-state index in [1.165, 1.54) is 6.42 Å². The van der Waals surface area contributed by atoms with E-state index in [9.17, 15) is 9.59 Å². The maximum atomic E-state index is 12.6. The Kier molecular flexibility index (Phi) is 5.29. The number of benzene rings is 1. The quantitative estimate of drug-likeness (QED) is 0.909. The number of likely N-dealkylation sites (tertiary alicyclic amines) is 1. The smallest absolute Gasteiger partial charge is 0.317 e. The van der Waals surface area contributed by atoms with Gasteiger partial charge in [-0.3, -0.25) is 4.79 Å². The van der Waals surface area contributed by atoms with Crippen molar-refractivity contribution in [1.82, 2.24) is 10.2 Å². The van der Waals surface area contributed by atoms with E-state index in [-0.39, 0.29) is 18.0 Å². The average molecular weight is 350 g/mol. The SMILES string of the molecule is CC[C@@H]1CCCCN1C(=O)N[C@@H]1CC(=O)N(c2ccc(Cl)cc2)C1. The summed E-state index contributed by atoms with van der Waals surface area (Å²) in [6.45, 7) is 3.44. The second-order valence-corrected chi connectivity index (χ2v) is 7.02. The molecule has 24 heavy (non-hydrogen) atoms. The van der Waals surface area contributed by atoms with Gasteiger partial charge in [-0.2, -0.15) is 0 Å². The van der Waals surface area contributed by atoms with Crippen LogP contribution in [0.5, 0.6) is 0 Å². The molecule has 1 aromatic carbocycles. The zero-order valence-electron chi connectivity index (χ0n) is 14.0. The number of amides is 3. The molecule has 130 valence electrons. The Bertz CT molecular complexity index is 605. The lowest BCUT2D eigenvalue weighted by Crippen LogP contribution is -2.51. The van der Waals surface area contributed by atoms with Gasteiger partial charge in [0, 0.05) is 36.3 Å². The third-order valence-electron chi connectivity index (χ3n) is 4.95. The zero-order chi connectivity index (χ0) is 17.1. The van der Waals surface area contributed by atoms with Gasteiger partial charge in [0.25, 0.3) is 0 Å². The number of carbonyl (C=O) groups is 2. The topological polar surface area (TPSA) is 52.7 Å². The monoisotopic (exact) mass is 349 g/mol. The Morgan fingerprint density at radius 1 is 1.29 bits per heavy atom. The second-order valence-electron chi connectivity index (χ2n) is 6.58. The van der Waals surface area contributed by atoms with Crippen LogP contribution in [0.3, 0.4) is 0 Å². The maximum absolute atomic E-state index is 12.6. The largest absolute Gasteiger partial charge is 0.333 e. The number of carbonyl (C=O) groups excluding carboxylic acids is 2. The summed E-state index contributed by atoms with van der Waals surface area (Å²) in [5, 5.41) is 3.70. The average Bonchev–Trinajstić information content (AvgIpc) is 2.95. The molecular weight excluding hydrogens is 326 g/mol. The third-order valence-corrected chi connectivity index (χ3v) is 5.20. The number of hydrogen-bond acceptors (Lipinski definition) is 2. The van der Waals surface area contributed by atoms with Crippen molar-refractivity contribution in [1.29, 1.82) is 0 Å². The van der Waals surface area contributed by atoms with Crippen LogP contribution in [0.2, 0.25) is 5.02 Å². The highest BCUT2D eigenvalue weighted by Crippen LogP contribution is 2.24.